The molecule has 0 saturated heterocycles. The van der Waals surface area contributed by atoms with Crippen LogP contribution in [0.2, 0.25) is 10.0 Å². The molecule has 0 bridgehead atoms. The Labute approximate surface area is 155 Å². The summed E-state index contributed by atoms with van der Waals surface area (Å²) in [5.41, 5.74) is 1.59. The molecule has 1 unspecified atom stereocenters. The number of hydrogen-bond acceptors (Lipinski definition) is 4. The van der Waals surface area contributed by atoms with E-state index < -0.39 is 5.72 Å². The monoisotopic (exact) mass is 378 g/mol. The Balaban J connectivity index is 1.79. The van der Waals surface area contributed by atoms with Crippen molar-refractivity contribution in [2.45, 2.75) is 17.0 Å². The van der Waals surface area contributed by atoms with E-state index in [1.165, 1.54) is 4.90 Å². The molecule has 3 nitrogen and oxygen atoms in total. The maximum Gasteiger partial charge on any atom is 0.170 e. The number of aliphatic imine (C=N–C) groups is 1. The lowest BCUT2D eigenvalue weighted by Gasteiger charge is -2.33. The third-order valence-electron chi connectivity index (χ3n) is 4.63. The molecule has 0 saturated carbocycles. The maximum atomic E-state index is 11.5. The molecule has 0 spiro atoms. The smallest absolute Gasteiger partial charge is 0.170 e. The van der Waals surface area contributed by atoms with E-state index in [-0.39, 0.29) is 0 Å². The fourth-order valence-electron chi connectivity index (χ4n) is 3.47. The summed E-state index contributed by atoms with van der Waals surface area (Å²) in [5, 5.41) is 12.5. The van der Waals surface area contributed by atoms with Gasteiger partial charge in [0, 0.05) is 29.0 Å². The third kappa shape index (κ3) is 2.44. The van der Waals surface area contributed by atoms with Crippen LogP contribution in [-0.2, 0) is 12.1 Å². The average molecular weight is 379 g/mol. The maximum absolute atomic E-state index is 11.5. The summed E-state index contributed by atoms with van der Waals surface area (Å²) in [5.74, 6) is 0.812. The van der Waals surface area contributed by atoms with E-state index in [9.17, 15) is 5.11 Å². The summed E-state index contributed by atoms with van der Waals surface area (Å²) in [6.07, 6.45) is 2.53. The van der Waals surface area contributed by atoms with Crippen molar-refractivity contribution in [2.75, 3.05) is 19.3 Å². The van der Waals surface area contributed by atoms with Crippen LogP contribution < -0.4 is 0 Å². The Bertz CT molecular complexity index is 838. The topological polar surface area (TPSA) is 35.8 Å². The van der Waals surface area contributed by atoms with Crippen molar-refractivity contribution < 1.29 is 5.11 Å². The van der Waals surface area contributed by atoms with Crippen LogP contribution in [0.3, 0.4) is 0 Å². The Morgan fingerprint density at radius 2 is 1.92 bits per heavy atom. The first-order valence-corrected chi connectivity index (χ1v) is 9.68. The highest BCUT2D eigenvalue weighted by Gasteiger charge is 2.48. The van der Waals surface area contributed by atoms with Gasteiger partial charge in [0.15, 0.2) is 5.72 Å². The average Bonchev–Trinajstić information content (AvgIpc) is 3.14. The van der Waals surface area contributed by atoms with E-state index in [4.69, 9.17) is 23.2 Å². The van der Waals surface area contributed by atoms with E-state index in [0.29, 0.717) is 29.6 Å². The summed E-state index contributed by atoms with van der Waals surface area (Å²) in [6.45, 7) is 1.38. The molecular formula is C18H16Cl2N2OS. The molecule has 2 aliphatic rings. The summed E-state index contributed by atoms with van der Waals surface area (Å²) < 4.78 is 0. The van der Waals surface area contributed by atoms with Crippen LogP contribution in [0.5, 0.6) is 0 Å². The molecule has 0 radical (unpaired) electrons. The number of aliphatic hydroxyl groups is 1. The Kier molecular flexibility index (Phi) is 4.04. The van der Waals surface area contributed by atoms with E-state index in [1.54, 1.807) is 17.8 Å². The Morgan fingerprint density at radius 3 is 2.62 bits per heavy atom. The fraction of sp³-hybridized carbons (Fsp3) is 0.278. The van der Waals surface area contributed by atoms with Gasteiger partial charge < -0.3 is 10.0 Å². The second kappa shape index (κ2) is 5.95. The van der Waals surface area contributed by atoms with Gasteiger partial charge in [-0.15, -0.1) is 11.8 Å². The molecule has 2 aliphatic heterocycles. The largest absolute Gasteiger partial charge is 0.366 e. The van der Waals surface area contributed by atoms with Crippen molar-refractivity contribution in [3.63, 3.8) is 0 Å². The molecule has 2 aromatic rings. The molecule has 2 aromatic carbocycles. The molecule has 1 N–H and O–H groups in total. The van der Waals surface area contributed by atoms with Crippen LogP contribution in [0.25, 0.3) is 0 Å². The molecule has 1 atom stereocenters. The first kappa shape index (κ1) is 16.3. The van der Waals surface area contributed by atoms with Gasteiger partial charge in [-0.05, 0) is 36.1 Å². The summed E-state index contributed by atoms with van der Waals surface area (Å²) in [6, 6.07) is 11.9. The number of rotatable bonds is 3. The fourth-order valence-corrected chi connectivity index (χ4v) is 4.20. The van der Waals surface area contributed by atoms with Crippen LogP contribution in [0.4, 0.5) is 0 Å². The second-order valence-electron chi connectivity index (χ2n) is 6.01. The van der Waals surface area contributed by atoms with Gasteiger partial charge in [0.25, 0.3) is 0 Å². The molecule has 4 rings (SSSR count). The highest BCUT2D eigenvalue weighted by Crippen LogP contribution is 2.44. The van der Waals surface area contributed by atoms with Crippen LogP contribution in [0, 0.1) is 0 Å². The van der Waals surface area contributed by atoms with Gasteiger partial charge in [-0.1, -0.05) is 35.3 Å². The van der Waals surface area contributed by atoms with Gasteiger partial charge >= 0.3 is 0 Å². The second-order valence-corrected chi connectivity index (χ2v) is 7.70. The zero-order chi connectivity index (χ0) is 16.9. The van der Waals surface area contributed by atoms with Gasteiger partial charge in [0.1, 0.15) is 5.84 Å². The van der Waals surface area contributed by atoms with Crippen LogP contribution in [0.15, 0.2) is 46.3 Å². The minimum atomic E-state index is -1.14. The lowest BCUT2D eigenvalue weighted by molar-refractivity contribution is -0.0637. The zero-order valence-corrected chi connectivity index (χ0v) is 15.4. The number of fused-ring (bicyclic) bond motifs is 3. The highest BCUT2D eigenvalue weighted by atomic mass is 35.5. The first-order valence-electron chi connectivity index (χ1n) is 7.70. The van der Waals surface area contributed by atoms with Crippen LogP contribution in [0.1, 0.15) is 16.7 Å². The summed E-state index contributed by atoms with van der Waals surface area (Å²) >= 11 is 14.1. The minimum Gasteiger partial charge on any atom is -0.366 e. The number of benzene rings is 2. The van der Waals surface area contributed by atoms with Crippen LogP contribution >= 0.6 is 35.0 Å². The Hall–Kier alpha value is -1.20. The predicted molar refractivity (Wildman–Crippen MR) is 100 cm³/mol. The number of thioether (sulfide) groups is 1. The first-order chi connectivity index (χ1) is 11.5. The quantitative estimate of drug-likeness (QED) is 0.813. The lowest BCUT2D eigenvalue weighted by atomic mass is 9.94. The van der Waals surface area contributed by atoms with Crippen molar-refractivity contribution in [1.29, 1.82) is 0 Å². The van der Waals surface area contributed by atoms with E-state index in [2.05, 4.69) is 35.5 Å². The predicted octanol–water partition coefficient (Wildman–Crippen LogP) is 4.18. The normalized spacial score (nSPS) is 21.7. The SMILES string of the molecule is CSc1ccc(CC2(O)c3cc(Cl)c(Cl)cc3C3=NCCN32)cc1. The molecule has 0 aromatic heterocycles. The molecular weight excluding hydrogens is 363 g/mol. The molecule has 6 heteroatoms. The minimum absolute atomic E-state index is 0.452. The Morgan fingerprint density at radius 1 is 1.21 bits per heavy atom. The number of amidine groups is 1. The van der Waals surface area contributed by atoms with Crippen molar-refractivity contribution >= 4 is 40.8 Å². The molecule has 24 heavy (non-hydrogen) atoms. The molecule has 0 aliphatic carbocycles. The number of halogens is 2. The van der Waals surface area contributed by atoms with Crippen molar-refractivity contribution in [3.8, 4) is 0 Å². The van der Waals surface area contributed by atoms with Gasteiger partial charge in [-0.25, -0.2) is 0 Å². The molecule has 124 valence electrons. The van der Waals surface area contributed by atoms with E-state index in [1.807, 2.05) is 11.0 Å². The van der Waals surface area contributed by atoms with Crippen molar-refractivity contribution in [3.05, 3.63) is 63.1 Å². The van der Waals surface area contributed by atoms with Crippen molar-refractivity contribution in [1.82, 2.24) is 4.90 Å². The molecule has 2 heterocycles. The molecule has 0 fully saturated rings. The summed E-state index contributed by atoms with van der Waals surface area (Å²) in [7, 11) is 0. The standard InChI is InChI=1S/C18H16Cl2N2OS/c1-24-12-4-2-11(3-5-12)10-18(23)14-9-16(20)15(19)8-13(14)17-21-6-7-22(17)18/h2-5,8-9,23H,6-7,10H2,1H3. The van der Waals surface area contributed by atoms with E-state index >= 15 is 0 Å². The molecule has 0 amide bonds. The number of nitrogens with zero attached hydrogens (tertiary/aromatic N) is 2. The van der Waals surface area contributed by atoms with Gasteiger partial charge in [0.2, 0.25) is 0 Å². The number of hydrogen-bond donors (Lipinski definition) is 1. The third-order valence-corrected chi connectivity index (χ3v) is 6.10. The zero-order valence-electron chi connectivity index (χ0n) is 13.1. The van der Waals surface area contributed by atoms with Gasteiger partial charge in [-0.2, -0.15) is 0 Å². The van der Waals surface area contributed by atoms with Crippen molar-refractivity contribution in [2.24, 2.45) is 4.99 Å². The van der Waals surface area contributed by atoms with Gasteiger partial charge in [-0.3, -0.25) is 4.99 Å². The van der Waals surface area contributed by atoms with E-state index in [0.717, 1.165) is 22.5 Å². The lowest BCUT2D eigenvalue weighted by Crippen LogP contribution is -2.44. The van der Waals surface area contributed by atoms with Gasteiger partial charge in [0.05, 0.1) is 16.6 Å². The highest BCUT2D eigenvalue weighted by molar-refractivity contribution is 7.98. The summed E-state index contributed by atoms with van der Waals surface area (Å²) in [4.78, 5) is 7.72. The van der Waals surface area contributed by atoms with Crippen LogP contribution in [-0.4, -0.2) is 35.2 Å².